The van der Waals surface area contributed by atoms with Crippen LogP contribution in [0.25, 0.3) is 0 Å². The number of nitrogens with one attached hydrogen (secondary N) is 1. The Hall–Kier alpha value is -1.67. The molecule has 0 spiro atoms. The van der Waals surface area contributed by atoms with Crippen molar-refractivity contribution in [2.75, 3.05) is 39.3 Å². The van der Waals surface area contributed by atoms with Crippen LogP contribution in [0.15, 0.2) is 29.2 Å². The van der Waals surface area contributed by atoms with Gasteiger partial charge in [0.25, 0.3) is 0 Å². The van der Waals surface area contributed by atoms with E-state index in [0.29, 0.717) is 25.9 Å². The molecule has 0 bridgehead atoms. The molecule has 1 atom stereocenters. The van der Waals surface area contributed by atoms with Gasteiger partial charge >= 0.3 is 6.03 Å². The summed E-state index contributed by atoms with van der Waals surface area (Å²) in [5.74, 6) is -0.471. The molecule has 1 unspecified atom stereocenters. The van der Waals surface area contributed by atoms with Crippen LogP contribution in [0.3, 0.4) is 0 Å². The van der Waals surface area contributed by atoms with Gasteiger partial charge in [-0.2, -0.15) is 0 Å². The fourth-order valence-corrected chi connectivity index (χ4v) is 4.92. The molecule has 1 aliphatic heterocycles. The Balaban J connectivity index is 1.95. The van der Waals surface area contributed by atoms with E-state index in [2.05, 4.69) is 24.1 Å². The molecular formula is C18H28FN3O3S. The van der Waals surface area contributed by atoms with E-state index < -0.39 is 20.9 Å². The van der Waals surface area contributed by atoms with Gasteiger partial charge in [0.1, 0.15) is 5.82 Å². The number of likely N-dealkylation sites (N-methyl/N-ethyl adjacent to an activating group) is 1. The number of halogens is 1. The van der Waals surface area contributed by atoms with Gasteiger partial charge in [0.2, 0.25) is 0 Å². The number of rotatable bonds is 7. The van der Waals surface area contributed by atoms with E-state index in [9.17, 15) is 17.6 Å². The number of hydrogen-bond acceptors (Lipinski definition) is 4. The van der Waals surface area contributed by atoms with Crippen LogP contribution < -0.4 is 5.32 Å². The number of piperidine rings is 1. The minimum atomic E-state index is -3.58. The van der Waals surface area contributed by atoms with Crippen molar-refractivity contribution in [1.82, 2.24) is 15.1 Å². The number of urea groups is 1. The minimum absolute atomic E-state index is 0.104. The predicted octanol–water partition coefficient (Wildman–Crippen LogP) is 2.12. The summed E-state index contributed by atoms with van der Waals surface area (Å²) in [7, 11) is -3.58. The molecule has 1 aromatic carbocycles. The number of hydrogen-bond donors (Lipinski definition) is 1. The van der Waals surface area contributed by atoms with E-state index in [1.54, 1.807) is 4.90 Å². The zero-order valence-corrected chi connectivity index (χ0v) is 16.3. The first-order valence-corrected chi connectivity index (χ1v) is 10.7. The topological polar surface area (TPSA) is 69.7 Å². The highest BCUT2D eigenvalue weighted by Crippen LogP contribution is 2.24. The second-order valence-corrected chi connectivity index (χ2v) is 8.70. The quantitative estimate of drug-likeness (QED) is 0.730. The summed E-state index contributed by atoms with van der Waals surface area (Å²) in [6.45, 7) is 8.00. The van der Waals surface area contributed by atoms with Gasteiger partial charge in [-0.1, -0.05) is 13.8 Å². The van der Waals surface area contributed by atoms with Crippen molar-refractivity contribution in [2.24, 2.45) is 0 Å². The Morgan fingerprint density at radius 2 is 1.92 bits per heavy atom. The van der Waals surface area contributed by atoms with Crippen LogP contribution in [0.4, 0.5) is 9.18 Å². The van der Waals surface area contributed by atoms with Gasteiger partial charge in [-0.05, 0) is 50.2 Å². The molecule has 1 fully saturated rings. The molecule has 0 aliphatic carbocycles. The molecule has 2 amide bonds. The summed E-state index contributed by atoms with van der Waals surface area (Å²) >= 11 is 0. The largest absolute Gasteiger partial charge is 0.337 e. The van der Waals surface area contributed by atoms with Crippen LogP contribution in [0.5, 0.6) is 0 Å². The molecule has 0 saturated carbocycles. The highest BCUT2D eigenvalue weighted by atomic mass is 32.2. The molecule has 2 rings (SSSR count). The van der Waals surface area contributed by atoms with E-state index in [-0.39, 0.29) is 17.5 Å². The molecule has 1 saturated heterocycles. The molecule has 0 aromatic heterocycles. The van der Waals surface area contributed by atoms with Gasteiger partial charge in [-0.3, -0.25) is 0 Å². The first-order chi connectivity index (χ1) is 12.4. The molecule has 1 aromatic rings. The van der Waals surface area contributed by atoms with Crippen LogP contribution in [-0.2, 0) is 9.84 Å². The Morgan fingerprint density at radius 1 is 1.27 bits per heavy atom. The van der Waals surface area contributed by atoms with Crippen molar-refractivity contribution in [3.05, 3.63) is 30.1 Å². The van der Waals surface area contributed by atoms with E-state index in [0.717, 1.165) is 31.8 Å². The van der Waals surface area contributed by atoms with Crippen LogP contribution >= 0.6 is 0 Å². The van der Waals surface area contributed by atoms with Gasteiger partial charge in [0.15, 0.2) is 9.84 Å². The van der Waals surface area contributed by atoms with Crippen molar-refractivity contribution in [1.29, 1.82) is 0 Å². The normalized spacial score (nSPS) is 18.2. The summed E-state index contributed by atoms with van der Waals surface area (Å²) < 4.78 is 38.6. The summed E-state index contributed by atoms with van der Waals surface area (Å²) in [5, 5.41) is 2.21. The van der Waals surface area contributed by atoms with Crippen LogP contribution in [0.1, 0.15) is 26.7 Å². The number of sulfone groups is 1. The van der Waals surface area contributed by atoms with Gasteiger partial charge < -0.3 is 15.1 Å². The van der Waals surface area contributed by atoms with Crippen LogP contribution in [0, 0.1) is 5.82 Å². The van der Waals surface area contributed by atoms with Crippen molar-refractivity contribution >= 4 is 15.9 Å². The lowest BCUT2D eigenvalue weighted by atomic mass is 10.1. The van der Waals surface area contributed by atoms with Crippen LogP contribution in [0.2, 0.25) is 0 Å². The minimum Gasteiger partial charge on any atom is -0.337 e. The Bertz CT molecular complexity index is 690. The van der Waals surface area contributed by atoms with Gasteiger partial charge in [-0.25, -0.2) is 17.6 Å². The number of carbonyl (C=O) groups is 1. The van der Waals surface area contributed by atoms with E-state index in [1.165, 1.54) is 12.1 Å². The summed E-state index contributed by atoms with van der Waals surface area (Å²) in [6.07, 6.45) is 1.14. The molecule has 1 aliphatic rings. The molecule has 0 radical (unpaired) electrons. The Morgan fingerprint density at radius 3 is 2.54 bits per heavy atom. The number of carbonyl (C=O) groups excluding carboxylic acids is 1. The van der Waals surface area contributed by atoms with Crippen molar-refractivity contribution in [2.45, 2.75) is 36.8 Å². The zero-order valence-electron chi connectivity index (χ0n) is 15.4. The van der Waals surface area contributed by atoms with Crippen molar-refractivity contribution in [3.63, 3.8) is 0 Å². The highest BCUT2D eigenvalue weighted by molar-refractivity contribution is 7.92. The lowest BCUT2D eigenvalue weighted by Gasteiger charge is -2.32. The monoisotopic (exact) mass is 385 g/mol. The SMILES string of the molecule is CCN(CC)CCNC(=O)N1CCCC(S(=O)(=O)c2ccc(F)cc2)C1. The zero-order chi connectivity index (χ0) is 19.2. The maximum atomic E-state index is 13.1. The summed E-state index contributed by atoms with van der Waals surface area (Å²) in [6, 6.07) is 4.64. The lowest BCUT2D eigenvalue weighted by molar-refractivity contribution is 0.185. The standard InChI is InChI=1S/C18H28FN3O3S/c1-3-21(4-2)13-11-20-18(23)22-12-5-6-17(14-22)26(24,25)16-9-7-15(19)8-10-16/h7-10,17H,3-6,11-14H2,1-2H3,(H,20,23). The molecule has 26 heavy (non-hydrogen) atoms. The van der Waals surface area contributed by atoms with E-state index in [1.807, 2.05) is 0 Å². The third-order valence-corrected chi connectivity index (χ3v) is 7.04. The first-order valence-electron chi connectivity index (χ1n) is 9.13. The maximum absolute atomic E-state index is 13.1. The second-order valence-electron chi connectivity index (χ2n) is 6.47. The molecule has 8 heteroatoms. The van der Waals surface area contributed by atoms with Gasteiger partial charge in [-0.15, -0.1) is 0 Å². The highest BCUT2D eigenvalue weighted by Gasteiger charge is 2.33. The fourth-order valence-electron chi connectivity index (χ4n) is 3.17. The average Bonchev–Trinajstić information content (AvgIpc) is 2.65. The molecule has 1 heterocycles. The number of amides is 2. The Labute approximate surface area is 155 Å². The third kappa shape index (κ3) is 5.17. The van der Waals surface area contributed by atoms with Crippen LogP contribution in [-0.4, -0.2) is 68.8 Å². The summed E-state index contributed by atoms with van der Waals surface area (Å²) in [4.78, 5) is 16.2. The number of likely N-dealkylation sites (tertiary alicyclic amines) is 1. The molecular weight excluding hydrogens is 357 g/mol. The fraction of sp³-hybridized carbons (Fsp3) is 0.611. The third-order valence-electron chi connectivity index (χ3n) is 4.85. The maximum Gasteiger partial charge on any atom is 0.317 e. The predicted molar refractivity (Wildman–Crippen MR) is 99.4 cm³/mol. The van der Waals surface area contributed by atoms with E-state index >= 15 is 0 Å². The van der Waals surface area contributed by atoms with Gasteiger partial charge in [0, 0.05) is 26.2 Å². The average molecular weight is 386 g/mol. The number of nitrogens with zero attached hydrogens (tertiary/aromatic N) is 2. The number of benzene rings is 1. The second kappa shape index (κ2) is 9.32. The first kappa shape index (κ1) is 20.6. The lowest BCUT2D eigenvalue weighted by Crippen LogP contribution is -2.50. The molecule has 1 N–H and O–H groups in total. The Kier molecular flexibility index (Phi) is 7.40. The van der Waals surface area contributed by atoms with Gasteiger partial charge in [0.05, 0.1) is 10.1 Å². The van der Waals surface area contributed by atoms with Crippen molar-refractivity contribution in [3.8, 4) is 0 Å². The molecule has 146 valence electrons. The molecule has 6 nitrogen and oxygen atoms in total. The summed E-state index contributed by atoms with van der Waals surface area (Å²) in [5.41, 5.74) is 0. The van der Waals surface area contributed by atoms with E-state index in [4.69, 9.17) is 0 Å². The smallest absolute Gasteiger partial charge is 0.317 e. The van der Waals surface area contributed by atoms with Crippen molar-refractivity contribution < 1.29 is 17.6 Å².